The third-order valence-corrected chi connectivity index (χ3v) is 5.28. The number of hydrogen-bond acceptors (Lipinski definition) is 6. The summed E-state index contributed by atoms with van der Waals surface area (Å²) in [6.45, 7) is 5.58. The van der Waals surface area contributed by atoms with Crippen molar-refractivity contribution in [2.24, 2.45) is 4.99 Å². The Hall–Kier alpha value is -1.64. The number of rotatable bonds is 6. The minimum atomic E-state index is -0.463. The van der Waals surface area contributed by atoms with Gasteiger partial charge in [-0.3, -0.25) is 4.99 Å². The van der Waals surface area contributed by atoms with E-state index in [9.17, 15) is 4.39 Å². The molecule has 1 N–H and O–H groups in total. The largest absolute Gasteiger partial charge is 0.339 e. The number of halogens is 2. The van der Waals surface area contributed by atoms with Gasteiger partial charge < -0.3 is 10.2 Å². The zero-order valence-electron chi connectivity index (χ0n) is 14.5. The lowest BCUT2D eigenvalue weighted by atomic mass is 10.2. The summed E-state index contributed by atoms with van der Waals surface area (Å²) in [6, 6.07) is 4.43. The minimum Gasteiger partial charge on any atom is -0.339 e. The summed E-state index contributed by atoms with van der Waals surface area (Å²) in [4.78, 5) is 6.87. The molecule has 6 nitrogen and oxygen atoms in total. The number of amidine groups is 1. The van der Waals surface area contributed by atoms with Gasteiger partial charge in [0.1, 0.15) is 11.5 Å². The van der Waals surface area contributed by atoms with E-state index in [-0.39, 0.29) is 5.02 Å². The van der Waals surface area contributed by atoms with Gasteiger partial charge in [0.2, 0.25) is 0 Å². The van der Waals surface area contributed by atoms with Gasteiger partial charge in [0.15, 0.2) is 11.5 Å². The molecule has 1 aromatic carbocycles. The number of aliphatic imine (C=N–C) groups is 1. The standard InChI is InChI=1S/C17H21ClFN5OS/c1-2-20-17(21-12-3-4-14(19)13(18)11-12)16-15(22-25-23-16)5-6-24-7-9-26-10-8-24/h3-4,11H,2,5-10H2,1H3,(H,20,21). The Labute approximate surface area is 161 Å². The Morgan fingerprint density at radius 1 is 1.38 bits per heavy atom. The second-order valence-electron chi connectivity index (χ2n) is 5.84. The van der Waals surface area contributed by atoms with Crippen LogP contribution in [0.4, 0.5) is 10.1 Å². The highest BCUT2D eigenvalue weighted by molar-refractivity contribution is 7.99. The molecule has 0 amide bonds. The molecule has 1 aliphatic rings. The lowest BCUT2D eigenvalue weighted by molar-refractivity contribution is 0.289. The van der Waals surface area contributed by atoms with Gasteiger partial charge in [-0.2, -0.15) is 11.8 Å². The highest BCUT2D eigenvalue weighted by Crippen LogP contribution is 2.20. The Bertz CT molecular complexity index is 763. The van der Waals surface area contributed by atoms with Crippen molar-refractivity contribution in [3.63, 3.8) is 0 Å². The van der Waals surface area contributed by atoms with Crippen LogP contribution in [0.2, 0.25) is 5.02 Å². The normalized spacial score (nSPS) is 16.0. The fourth-order valence-electron chi connectivity index (χ4n) is 2.68. The van der Waals surface area contributed by atoms with E-state index in [1.54, 1.807) is 6.07 Å². The van der Waals surface area contributed by atoms with Crippen molar-refractivity contribution < 1.29 is 9.02 Å². The molecule has 0 bridgehead atoms. The highest BCUT2D eigenvalue weighted by Gasteiger charge is 2.19. The van der Waals surface area contributed by atoms with Crippen molar-refractivity contribution in [2.45, 2.75) is 13.3 Å². The highest BCUT2D eigenvalue weighted by atomic mass is 35.5. The van der Waals surface area contributed by atoms with Crippen LogP contribution in [0.5, 0.6) is 0 Å². The molecule has 0 atom stereocenters. The maximum absolute atomic E-state index is 13.4. The molecule has 26 heavy (non-hydrogen) atoms. The average Bonchev–Trinajstić information content (AvgIpc) is 3.12. The first-order valence-electron chi connectivity index (χ1n) is 8.55. The first-order valence-corrected chi connectivity index (χ1v) is 10.1. The van der Waals surface area contributed by atoms with Gasteiger partial charge in [0.05, 0.1) is 5.02 Å². The molecule has 2 heterocycles. The number of nitrogens with zero attached hydrogens (tertiary/aromatic N) is 4. The number of aromatic nitrogens is 2. The molecule has 2 aromatic rings. The maximum Gasteiger partial charge on any atom is 0.173 e. The summed E-state index contributed by atoms with van der Waals surface area (Å²) in [5.74, 6) is 2.41. The Morgan fingerprint density at radius 3 is 2.92 bits per heavy atom. The van der Waals surface area contributed by atoms with Crippen LogP contribution in [0.1, 0.15) is 18.3 Å². The van der Waals surface area contributed by atoms with Crippen LogP contribution in [-0.4, -0.2) is 58.7 Å². The predicted molar refractivity (Wildman–Crippen MR) is 104 cm³/mol. The molecule has 0 spiro atoms. The number of benzene rings is 1. The molecule has 9 heteroatoms. The van der Waals surface area contributed by atoms with Crippen molar-refractivity contribution in [3.8, 4) is 0 Å². The minimum absolute atomic E-state index is 0.0484. The van der Waals surface area contributed by atoms with Gasteiger partial charge in [-0.1, -0.05) is 16.8 Å². The van der Waals surface area contributed by atoms with Gasteiger partial charge >= 0.3 is 0 Å². The third-order valence-electron chi connectivity index (χ3n) is 4.05. The first-order chi connectivity index (χ1) is 12.7. The number of nitrogens with one attached hydrogen (secondary N) is 1. The molecule has 0 unspecified atom stereocenters. The van der Waals surface area contributed by atoms with E-state index in [1.165, 1.54) is 23.6 Å². The van der Waals surface area contributed by atoms with Crippen LogP contribution in [-0.2, 0) is 6.42 Å². The zero-order valence-corrected chi connectivity index (χ0v) is 16.1. The smallest absolute Gasteiger partial charge is 0.173 e. The molecule has 1 fully saturated rings. The summed E-state index contributed by atoms with van der Waals surface area (Å²) in [5, 5.41) is 11.3. The van der Waals surface area contributed by atoms with E-state index in [0.717, 1.165) is 31.7 Å². The lowest BCUT2D eigenvalue weighted by Crippen LogP contribution is -2.34. The summed E-state index contributed by atoms with van der Waals surface area (Å²) in [7, 11) is 0. The van der Waals surface area contributed by atoms with Crippen LogP contribution in [0.3, 0.4) is 0 Å². The summed E-state index contributed by atoms with van der Waals surface area (Å²) in [6.07, 6.45) is 0.734. The van der Waals surface area contributed by atoms with Gasteiger partial charge in [0.25, 0.3) is 0 Å². The van der Waals surface area contributed by atoms with Crippen LogP contribution >= 0.6 is 23.4 Å². The number of thioether (sulfide) groups is 1. The molecule has 1 aromatic heterocycles. The number of hydrogen-bond donors (Lipinski definition) is 1. The van der Waals surface area contributed by atoms with Crippen molar-refractivity contribution in [3.05, 3.63) is 40.4 Å². The van der Waals surface area contributed by atoms with Crippen molar-refractivity contribution in [2.75, 3.05) is 43.0 Å². The van der Waals surface area contributed by atoms with Crippen LogP contribution in [0.25, 0.3) is 0 Å². The van der Waals surface area contributed by atoms with E-state index < -0.39 is 5.82 Å². The molecular weight excluding hydrogens is 377 g/mol. The molecule has 0 saturated carbocycles. The third kappa shape index (κ3) is 4.96. The molecule has 140 valence electrons. The van der Waals surface area contributed by atoms with Crippen LogP contribution < -0.4 is 5.32 Å². The van der Waals surface area contributed by atoms with Crippen molar-refractivity contribution in [1.29, 1.82) is 0 Å². The Kier molecular flexibility index (Phi) is 6.87. The Balaban J connectivity index is 1.72. The predicted octanol–water partition coefficient (Wildman–Crippen LogP) is 3.33. The molecule has 0 radical (unpaired) electrons. The van der Waals surface area contributed by atoms with Crippen molar-refractivity contribution >= 4 is 34.9 Å². The molecule has 0 aliphatic carbocycles. The van der Waals surface area contributed by atoms with Gasteiger partial charge in [-0.15, -0.1) is 0 Å². The monoisotopic (exact) mass is 397 g/mol. The topological polar surface area (TPSA) is 66.5 Å². The molecule has 1 saturated heterocycles. The SMILES string of the molecule is CCN=C(Nc1ccc(F)c(Cl)c1)c1nonc1CCN1CCSCC1. The summed E-state index contributed by atoms with van der Waals surface area (Å²) >= 11 is 7.84. The van der Waals surface area contributed by atoms with Crippen LogP contribution in [0, 0.1) is 5.82 Å². The zero-order chi connectivity index (χ0) is 18.4. The molecule has 3 rings (SSSR count). The lowest BCUT2D eigenvalue weighted by Gasteiger charge is -2.25. The second-order valence-corrected chi connectivity index (χ2v) is 7.47. The second kappa shape index (κ2) is 9.34. The molecule has 1 aliphatic heterocycles. The summed E-state index contributed by atoms with van der Waals surface area (Å²) in [5.41, 5.74) is 1.97. The summed E-state index contributed by atoms with van der Waals surface area (Å²) < 4.78 is 18.3. The van der Waals surface area contributed by atoms with E-state index in [1.807, 2.05) is 18.7 Å². The van der Waals surface area contributed by atoms with Gasteiger partial charge in [-0.25, -0.2) is 9.02 Å². The van der Waals surface area contributed by atoms with Crippen molar-refractivity contribution in [1.82, 2.24) is 15.2 Å². The first kappa shape index (κ1) is 19.1. The Morgan fingerprint density at radius 2 is 2.19 bits per heavy atom. The van der Waals surface area contributed by atoms with E-state index >= 15 is 0 Å². The van der Waals surface area contributed by atoms with E-state index in [4.69, 9.17) is 16.2 Å². The van der Waals surface area contributed by atoms with Gasteiger partial charge in [0, 0.05) is 49.8 Å². The quantitative estimate of drug-likeness (QED) is 0.595. The fourth-order valence-corrected chi connectivity index (χ4v) is 3.84. The molecular formula is C17H21ClFN5OS. The van der Waals surface area contributed by atoms with Crippen LogP contribution in [0.15, 0.2) is 27.8 Å². The van der Waals surface area contributed by atoms with E-state index in [0.29, 0.717) is 23.8 Å². The number of anilines is 1. The average molecular weight is 398 g/mol. The maximum atomic E-state index is 13.4. The van der Waals surface area contributed by atoms with E-state index in [2.05, 4.69) is 25.5 Å². The fraction of sp³-hybridized carbons (Fsp3) is 0.471. The van der Waals surface area contributed by atoms with Gasteiger partial charge in [-0.05, 0) is 30.3 Å².